The van der Waals surface area contributed by atoms with Crippen molar-refractivity contribution < 1.29 is 4.74 Å². The Morgan fingerprint density at radius 3 is 2.63 bits per heavy atom. The summed E-state index contributed by atoms with van der Waals surface area (Å²) in [5.41, 5.74) is 12.3. The average Bonchev–Trinajstić information content (AvgIpc) is 2.71. The number of rotatable bonds is 5. The normalized spacial score (nSPS) is 16.7. The van der Waals surface area contributed by atoms with E-state index in [-0.39, 0.29) is 0 Å². The number of hydrogen-bond acceptors (Lipinski definition) is 3. The standard InChI is InChI=1S/C24H26N2O/c1-26-14-13-19-9-5-6-10-22(19)24(26)16-20-15-21(11-12-23(20)25)27-17-18-7-3-2-4-8-18/h2-12,15,24H,13-14,16-17,25H2,1H3. The molecule has 2 N–H and O–H groups in total. The van der Waals surface area contributed by atoms with Gasteiger partial charge in [0.1, 0.15) is 12.4 Å². The minimum absolute atomic E-state index is 0.349. The summed E-state index contributed by atoms with van der Waals surface area (Å²) in [6.45, 7) is 1.64. The van der Waals surface area contributed by atoms with Gasteiger partial charge in [-0.3, -0.25) is 4.90 Å². The second-order valence-corrected chi connectivity index (χ2v) is 7.28. The molecule has 1 aliphatic rings. The SMILES string of the molecule is CN1CCc2ccccc2C1Cc1cc(OCc2ccccc2)ccc1N. The van der Waals surface area contributed by atoms with Crippen molar-refractivity contribution in [2.45, 2.75) is 25.5 Å². The van der Waals surface area contributed by atoms with Gasteiger partial charge in [0, 0.05) is 18.3 Å². The molecule has 3 aromatic rings. The maximum absolute atomic E-state index is 6.31. The van der Waals surface area contributed by atoms with E-state index in [1.54, 1.807) is 0 Å². The molecule has 1 heterocycles. The predicted octanol–water partition coefficient (Wildman–Crippen LogP) is 4.62. The van der Waals surface area contributed by atoms with Crippen molar-refractivity contribution in [1.82, 2.24) is 4.90 Å². The molecule has 138 valence electrons. The Morgan fingerprint density at radius 2 is 1.78 bits per heavy atom. The van der Waals surface area contributed by atoms with Gasteiger partial charge in [-0.15, -0.1) is 0 Å². The summed E-state index contributed by atoms with van der Waals surface area (Å²) in [6, 6.07) is 25.4. The molecule has 3 heteroatoms. The summed E-state index contributed by atoms with van der Waals surface area (Å²) in [4.78, 5) is 2.43. The largest absolute Gasteiger partial charge is 0.489 e. The van der Waals surface area contributed by atoms with Crippen LogP contribution in [0.4, 0.5) is 5.69 Å². The summed E-state index contributed by atoms with van der Waals surface area (Å²) in [5.74, 6) is 0.870. The lowest BCUT2D eigenvalue weighted by atomic mass is 9.89. The van der Waals surface area contributed by atoms with Gasteiger partial charge in [-0.1, -0.05) is 54.6 Å². The van der Waals surface area contributed by atoms with Crippen molar-refractivity contribution in [3.05, 3.63) is 95.1 Å². The quantitative estimate of drug-likeness (QED) is 0.677. The Labute approximate surface area is 161 Å². The minimum Gasteiger partial charge on any atom is -0.489 e. The van der Waals surface area contributed by atoms with Crippen LogP contribution in [0.3, 0.4) is 0 Å². The number of anilines is 1. The third-order valence-corrected chi connectivity index (χ3v) is 5.46. The van der Waals surface area contributed by atoms with Gasteiger partial charge in [-0.05, 0) is 60.3 Å². The molecule has 0 spiro atoms. The van der Waals surface area contributed by atoms with Crippen LogP contribution in [0.1, 0.15) is 28.3 Å². The van der Waals surface area contributed by atoms with E-state index >= 15 is 0 Å². The maximum atomic E-state index is 6.31. The number of benzene rings is 3. The minimum atomic E-state index is 0.349. The number of nitrogen functional groups attached to an aromatic ring is 1. The van der Waals surface area contributed by atoms with E-state index in [0.29, 0.717) is 12.6 Å². The van der Waals surface area contributed by atoms with Gasteiger partial charge < -0.3 is 10.5 Å². The average molecular weight is 358 g/mol. The van der Waals surface area contributed by atoms with Gasteiger partial charge in [-0.2, -0.15) is 0 Å². The predicted molar refractivity (Wildman–Crippen MR) is 111 cm³/mol. The number of hydrogen-bond donors (Lipinski definition) is 1. The van der Waals surface area contributed by atoms with Gasteiger partial charge in [-0.25, -0.2) is 0 Å². The lowest BCUT2D eigenvalue weighted by molar-refractivity contribution is 0.229. The Bertz CT molecular complexity index is 907. The van der Waals surface area contributed by atoms with Crippen molar-refractivity contribution >= 4 is 5.69 Å². The van der Waals surface area contributed by atoms with Gasteiger partial charge in [0.2, 0.25) is 0 Å². The second kappa shape index (κ2) is 7.85. The highest BCUT2D eigenvalue weighted by Gasteiger charge is 2.25. The molecular formula is C24H26N2O. The van der Waals surface area contributed by atoms with E-state index in [1.807, 2.05) is 30.3 Å². The second-order valence-electron chi connectivity index (χ2n) is 7.28. The van der Waals surface area contributed by atoms with E-state index in [0.717, 1.165) is 42.0 Å². The fraction of sp³-hybridized carbons (Fsp3) is 0.250. The first kappa shape index (κ1) is 17.6. The molecule has 0 aliphatic carbocycles. The van der Waals surface area contributed by atoms with Crippen molar-refractivity contribution in [2.24, 2.45) is 0 Å². The Kier molecular flexibility index (Phi) is 5.12. The molecule has 0 radical (unpaired) electrons. The molecule has 0 amide bonds. The first-order valence-corrected chi connectivity index (χ1v) is 9.54. The topological polar surface area (TPSA) is 38.5 Å². The molecule has 0 saturated heterocycles. The van der Waals surface area contributed by atoms with E-state index in [2.05, 4.69) is 54.4 Å². The van der Waals surface area contributed by atoms with E-state index < -0.39 is 0 Å². The monoisotopic (exact) mass is 358 g/mol. The third kappa shape index (κ3) is 3.99. The number of fused-ring (bicyclic) bond motifs is 1. The zero-order valence-corrected chi connectivity index (χ0v) is 15.8. The van der Waals surface area contributed by atoms with Crippen LogP contribution in [-0.4, -0.2) is 18.5 Å². The number of nitrogens with zero attached hydrogens (tertiary/aromatic N) is 1. The summed E-state index contributed by atoms with van der Waals surface area (Å²) in [7, 11) is 2.20. The smallest absolute Gasteiger partial charge is 0.120 e. The fourth-order valence-corrected chi connectivity index (χ4v) is 3.84. The van der Waals surface area contributed by atoms with Crippen molar-refractivity contribution in [2.75, 3.05) is 19.3 Å². The molecule has 0 bridgehead atoms. The number of nitrogens with two attached hydrogens (primary N) is 1. The molecule has 3 nitrogen and oxygen atoms in total. The van der Waals surface area contributed by atoms with Gasteiger partial charge in [0.25, 0.3) is 0 Å². The lowest BCUT2D eigenvalue weighted by Crippen LogP contribution is -2.33. The Balaban J connectivity index is 1.54. The van der Waals surface area contributed by atoms with Crippen LogP contribution >= 0.6 is 0 Å². The maximum Gasteiger partial charge on any atom is 0.120 e. The zero-order valence-electron chi connectivity index (χ0n) is 15.8. The molecule has 3 aromatic carbocycles. The molecule has 1 aliphatic heterocycles. The van der Waals surface area contributed by atoms with E-state index in [9.17, 15) is 0 Å². The van der Waals surface area contributed by atoms with Gasteiger partial charge in [0.15, 0.2) is 0 Å². The Hall–Kier alpha value is -2.78. The number of ether oxygens (including phenoxy) is 1. The van der Waals surface area contributed by atoms with Crippen molar-refractivity contribution in [1.29, 1.82) is 0 Å². The summed E-state index contributed by atoms with van der Waals surface area (Å²) in [6.07, 6.45) is 2.00. The van der Waals surface area contributed by atoms with Crippen LogP contribution in [0.2, 0.25) is 0 Å². The lowest BCUT2D eigenvalue weighted by Gasteiger charge is -2.35. The van der Waals surface area contributed by atoms with Crippen LogP contribution in [0, 0.1) is 0 Å². The molecule has 0 fully saturated rings. The highest BCUT2D eigenvalue weighted by Crippen LogP contribution is 2.33. The first-order valence-electron chi connectivity index (χ1n) is 9.54. The molecular weight excluding hydrogens is 332 g/mol. The molecule has 4 rings (SSSR count). The molecule has 0 aromatic heterocycles. The van der Waals surface area contributed by atoms with Crippen molar-refractivity contribution in [3.63, 3.8) is 0 Å². The molecule has 27 heavy (non-hydrogen) atoms. The van der Waals surface area contributed by atoms with Gasteiger partial charge in [0.05, 0.1) is 0 Å². The van der Waals surface area contributed by atoms with Crippen LogP contribution in [0.15, 0.2) is 72.8 Å². The highest BCUT2D eigenvalue weighted by atomic mass is 16.5. The first-order chi connectivity index (χ1) is 13.2. The van der Waals surface area contributed by atoms with Crippen LogP contribution in [0.25, 0.3) is 0 Å². The van der Waals surface area contributed by atoms with E-state index in [4.69, 9.17) is 10.5 Å². The van der Waals surface area contributed by atoms with Gasteiger partial charge >= 0.3 is 0 Å². The number of likely N-dealkylation sites (N-methyl/N-ethyl adjacent to an activating group) is 1. The molecule has 1 unspecified atom stereocenters. The highest BCUT2D eigenvalue weighted by molar-refractivity contribution is 5.51. The summed E-state index contributed by atoms with van der Waals surface area (Å²) >= 11 is 0. The molecule has 1 atom stereocenters. The fourth-order valence-electron chi connectivity index (χ4n) is 3.84. The zero-order chi connectivity index (χ0) is 18.6. The summed E-state index contributed by atoms with van der Waals surface area (Å²) in [5, 5.41) is 0. The Morgan fingerprint density at radius 1 is 1.00 bits per heavy atom. The van der Waals surface area contributed by atoms with Crippen LogP contribution in [0.5, 0.6) is 5.75 Å². The van der Waals surface area contributed by atoms with Crippen molar-refractivity contribution in [3.8, 4) is 5.75 Å². The molecule has 0 saturated carbocycles. The van der Waals surface area contributed by atoms with Crippen LogP contribution in [-0.2, 0) is 19.4 Å². The van der Waals surface area contributed by atoms with Crippen LogP contribution < -0.4 is 10.5 Å². The summed E-state index contributed by atoms with van der Waals surface area (Å²) < 4.78 is 6.00. The third-order valence-electron chi connectivity index (χ3n) is 5.46. The van der Waals surface area contributed by atoms with E-state index in [1.165, 1.54) is 11.1 Å².